The molecule has 1 aliphatic heterocycles. The Morgan fingerprint density at radius 3 is 2.81 bits per heavy atom. The summed E-state index contributed by atoms with van der Waals surface area (Å²) in [5.74, 6) is 0.414. The number of rotatable bonds is 4. The van der Waals surface area contributed by atoms with E-state index in [0.29, 0.717) is 5.92 Å². The van der Waals surface area contributed by atoms with Crippen LogP contribution in [0.5, 0.6) is 0 Å². The fourth-order valence-corrected chi connectivity index (χ4v) is 3.74. The number of pyridine rings is 1. The van der Waals surface area contributed by atoms with Crippen LogP contribution < -0.4 is 0 Å². The normalized spacial score (nSPS) is 18.0. The van der Waals surface area contributed by atoms with Crippen molar-refractivity contribution in [3.05, 3.63) is 77.5 Å². The summed E-state index contributed by atoms with van der Waals surface area (Å²) in [5, 5.41) is 0.718. The van der Waals surface area contributed by atoms with Crippen molar-refractivity contribution in [1.29, 1.82) is 0 Å². The average Bonchev–Trinajstić information content (AvgIpc) is 2.69. The summed E-state index contributed by atoms with van der Waals surface area (Å²) >= 11 is 6.12. The predicted octanol–water partition coefficient (Wildman–Crippen LogP) is 4.57. The van der Waals surface area contributed by atoms with E-state index in [1.807, 2.05) is 49.1 Å². The first kappa shape index (κ1) is 17.1. The van der Waals surface area contributed by atoms with Gasteiger partial charge in [0, 0.05) is 48.2 Å². The van der Waals surface area contributed by atoms with E-state index in [4.69, 9.17) is 16.6 Å². The Labute approximate surface area is 158 Å². The molecule has 0 saturated carbocycles. The molecule has 0 spiro atoms. The Morgan fingerprint density at radius 2 is 1.96 bits per heavy atom. The van der Waals surface area contributed by atoms with Gasteiger partial charge < -0.3 is 0 Å². The molecule has 1 aliphatic rings. The first-order chi connectivity index (χ1) is 12.8. The van der Waals surface area contributed by atoms with Gasteiger partial charge in [0.05, 0.1) is 17.6 Å². The molecule has 1 saturated heterocycles. The highest BCUT2D eigenvalue weighted by Crippen LogP contribution is 2.28. The summed E-state index contributed by atoms with van der Waals surface area (Å²) in [5.41, 5.74) is 4.27. The predicted molar refractivity (Wildman–Crippen MR) is 104 cm³/mol. The summed E-state index contributed by atoms with van der Waals surface area (Å²) in [4.78, 5) is 15.9. The summed E-state index contributed by atoms with van der Waals surface area (Å²) in [6.07, 6.45) is 9.77. The maximum Gasteiger partial charge on any atom is 0.0889 e. The second-order valence-corrected chi connectivity index (χ2v) is 7.21. The third-order valence-corrected chi connectivity index (χ3v) is 5.09. The van der Waals surface area contributed by atoms with E-state index in [2.05, 4.69) is 27.0 Å². The lowest BCUT2D eigenvalue weighted by Gasteiger charge is -2.32. The molecule has 3 heterocycles. The van der Waals surface area contributed by atoms with E-state index >= 15 is 0 Å². The van der Waals surface area contributed by atoms with Crippen LogP contribution in [-0.4, -0.2) is 32.9 Å². The zero-order chi connectivity index (χ0) is 17.8. The SMILES string of the molecule is Clc1cccc(-c2cncc(C3CCCN(Cc4ccncc4)C3)n2)c1. The molecule has 0 amide bonds. The van der Waals surface area contributed by atoms with Gasteiger partial charge in [0.25, 0.3) is 0 Å². The van der Waals surface area contributed by atoms with Crippen LogP contribution in [-0.2, 0) is 6.54 Å². The second-order valence-electron chi connectivity index (χ2n) is 6.77. The van der Waals surface area contributed by atoms with Crippen molar-refractivity contribution in [2.75, 3.05) is 13.1 Å². The van der Waals surface area contributed by atoms with Crippen molar-refractivity contribution < 1.29 is 0 Å². The van der Waals surface area contributed by atoms with E-state index in [0.717, 1.165) is 48.0 Å². The first-order valence-corrected chi connectivity index (χ1v) is 9.35. The first-order valence-electron chi connectivity index (χ1n) is 8.97. The average molecular weight is 365 g/mol. The third kappa shape index (κ3) is 4.09. The zero-order valence-corrected chi connectivity index (χ0v) is 15.3. The fourth-order valence-electron chi connectivity index (χ4n) is 3.55. The zero-order valence-electron chi connectivity index (χ0n) is 14.6. The summed E-state index contributed by atoms with van der Waals surface area (Å²) in [6.45, 7) is 3.09. The van der Waals surface area contributed by atoms with Crippen LogP contribution in [0.25, 0.3) is 11.3 Å². The van der Waals surface area contributed by atoms with Crippen LogP contribution in [0.3, 0.4) is 0 Å². The molecule has 3 aromatic rings. The third-order valence-electron chi connectivity index (χ3n) is 4.85. The standard InChI is InChI=1S/C21H21ClN4/c22-19-5-1-3-17(11-19)20-12-24-13-21(25-20)18-4-2-10-26(15-18)14-16-6-8-23-9-7-16/h1,3,5-9,11-13,18H,2,4,10,14-15H2. The maximum absolute atomic E-state index is 6.12. The van der Waals surface area contributed by atoms with Crippen LogP contribution in [0.1, 0.15) is 30.0 Å². The lowest BCUT2D eigenvalue weighted by Crippen LogP contribution is -2.34. The van der Waals surface area contributed by atoms with Gasteiger partial charge >= 0.3 is 0 Å². The number of nitrogens with zero attached hydrogens (tertiary/aromatic N) is 4. The van der Waals surface area contributed by atoms with Gasteiger partial charge in [0.2, 0.25) is 0 Å². The number of piperidine rings is 1. The monoisotopic (exact) mass is 364 g/mol. The van der Waals surface area contributed by atoms with Gasteiger partial charge in [-0.2, -0.15) is 0 Å². The molecule has 132 valence electrons. The molecule has 0 bridgehead atoms. The molecule has 1 unspecified atom stereocenters. The van der Waals surface area contributed by atoms with Gasteiger partial charge in [0.1, 0.15) is 0 Å². The quantitative estimate of drug-likeness (QED) is 0.680. The molecule has 4 rings (SSSR count). The highest BCUT2D eigenvalue weighted by atomic mass is 35.5. The van der Waals surface area contributed by atoms with E-state index in [-0.39, 0.29) is 0 Å². The maximum atomic E-state index is 6.12. The van der Waals surface area contributed by atoms with Crippen molar-refractivity contribution in [3.8, 4) is 11.3 Å². The van der Waals surface area contributed by atoms with Gasteiger partial charge in [-0.3, -0.25) is 14.9 Å². The van der Waals surface area contributed by atoms with Gasteiger partial charge in [0.15, 0.2) is 0 Å². The smallest absolute Gasteiger partial charge is 0.0889 e. The van der Waals surface area contributed by atoms with Gasteiger partial charge in [-0.05, 0) is 49.2 Å². The molecule has 1 fully saturated rings. The number of aromatic nitrogens is 3. The van der Waals surface area contributed by atoms with Gasteiger partial charge in [-0.25, -0.2) is 4.98 Å². The largest absolute Gasteiger partial charge is 0.298 e. The van der Waals surface area contributed by atoms with E-state index in [1.54, 1.807) is 0 Å². The van der Waals surface area contributed by atoms with Gasteiger partial charge in [-0.15, -0.1) is 0 Å². The minimum atomic E-state index is 0.414. The molecule has 26 heavy (non-hydrogen) atoms. The van der Waals surface area contributed by atoms with Crippen LogP contribution in [0, 0.1) is 0 Å². The highest BCUT2D eigenvalue weighted by Gasteiger charge is 2.23. The van der Waals surface area contributed by atoms with Crippen molar-refractivity contribution in [1.82, 2.24) is 19.9 Å². The molecule has 0 N–H and O–H groups in total. The number of hydrogen-bond donors (Lipinski definition) is 0. The Morgan fingerprint density at radius 1 is 1.08 bits per heavy atom. The number of hydrogen-bond acceptors (Lipinski definition) is 4. The molecule has 0 radical (unpaired) electrons. The Hall–Kier alpha value is -2.30. The summed E-state index contributed by atoms with van der Waals surface area (Å²) in [6, 6.07) is 12.0. The lowest BCUT2D eigenvalue weighted by molar-refractivity contribution is 0.198. The molecule has 4 nitrogen and oxygen atoms in total. The molecule has 0 aliphatic carbocycles. The van der Waals surface area contributed by atoms with Crippen LogP contribution in [0.2, 0.25) is 5.02 Å². The minimum absolute atomic E-state index is 0.414. The van der Waals surface area contributed by atoms with Crippen LogP contribution in [0.4, 0.5) is 0 Å². The molecule has 2 aromatic heterocycles. The molecule has 5 heteroatoms. The Kier molecular flexibility index (Phi) is 5.23. The Balaban J connectivity index is 1.51. The Bertz CT molecular complexity index is 869. The molecule has 1 atom stereocenters. The summed E-state index contributed by atoms with van der Waals surface area (Å²) in [7, 11) is 0. The van der Waals surface area contributed by atoms with Crippen molar-refractivity contribution in [2.45, 2.75) is 25.3 Å². The second kappa shape index (κ2) is 7.94. The lowest BCUT2D eigenvalue weighted by atomic mass is 9.94. The van der Waals surface area contributed by atoms with Crippen molar-refractivity contribution >= 4 is 11.6 Å². The van der Waals surface area contributed by atoms with E-state index in [9.17, 15) is 0 Å². The van der Waals surface area contributed by atoms with Crippen molar-refractivity contribution in [3.63, 3.8) is 0 Å². The number of benzene rings is 1. The molecular weight excluding hydrogens is 344 g/mol. The topological polar surface area (TPSA) is 41.9 Å². The number of halogens is 1. The van der Waals surface area contributed by atoms with E-state index < -0.39 is 0 Å². The van der Waals surface area contributed by atoms with Crippen LogP contribution >= 0.6 is 11.6 Å². The fraction of sp³-hybridized carbons (Fsp3) is 0.286. The van der Waals surface area contributed by atoms with E-state index in [1.165, 1.54) is 12.0 Å². The minimum Gasteiger partial charge on any atom is -0.298 e. The molecule has 1 aromatic carbocycles. The number of likely N-dealkylation sites (tertiary alicyclic amines) is 1. The highest BCUT2D eigenvalue weighted by molar-refractivity contribution is 6.30. The molecular formula is C21H21ClN4. The van der Waals surface area contributed by atoms with Crippen molar-refractivity contribution in [2.24, 2.45) is 0 Å². The van der Waals surface area contributed by atoms with Gasteiger partial charge in [-0.1, -0.05) is 23.7 Å². The van der Waals surface area contributed by atoms with Crippen LogP contribution in [0.15, 0.2) is 61.2 Å². The summed E-state index contributed by atoms with van der Waals surface area (Å²) < 4.78 is 0.